The molecule has 1 aliphatic heterocycles. The zero-order valence-corrected chi connectivity index (χ0v) is 33.6. The monoisotopic (exact) mass is 780 g/mol. The van der Waals surface area contributed by atoms with E-state index in [4.69, 9.17) is 0 Å². The number of rotatable bonds is 18. The molecule has 4 N–H and O–H groups in total. The number of carbonyl (C=O) groups excluding carboxylic acids is 3. The van der Waals surface area contributed by atoms with E-state index >= 15 is 0 Å². The van der Waals surface area contributed by atoms with Crippen LogP contribution in [0.3, 0.4) is 0 Å². The second-order valence-corrected chi connectivity index (χ2v) is 16.5. The van der Waals surface area contributed by atoms with Gasteiger partial charge in [-0.2, -0.15) is 11.8 Å². The van der Waals surface area contributed by atoms with Gasteiger partial charge < -0.3 is 26.0 Å². The highest BCUT2D eigenvalue weighted by atomic mass is 32.2. The van der Waals surface area contributed by atoms with Crippen molar-refractivity contribution in [2.24, 2.45) is 5.92 Å². The predicted molar refractivity (Wildman–Crippen MR) is 223 cm³/mol. The van der Waals surface area contributed by atoms with Crippen molar-refractivity contribution in [1.29, 1.82) is 0 Å². The van der Waals surface area contributed by atoms with Crippen LogP contribution in [0, 0.1) is 5.92 Å². The van der Waals surface area contributed by atoms with Gasteiger partial charge in [0.2, 0.25) is 17.7 Å². The van der Waals surface area contributed by atoms with Crippen LogP contribution in [0.5, 0.6) is 0 Å². The molecule has 4 atom stereocenters. The summed E-state index contributed by atoms with van der Waals surface area (Å²) in [6.07, 6.45) is 2.44. The second kappa shape index (κ2) is 19.8. The van der Waals surface area contributed by atoms with Crippen LogP contribution in [0.2, 0.25) is 0 Å². The molecule has 0 aromatic heterocycles. The van der Waals surface area contributed by atoms with Gasteiger partial charge >= 0.3 is 5.97 Å². The van der Waals surface area contributed by atoms with Crippen LogP contribution in [0.15, 0.2) is 115 Å². The maximum absolute atomic E-state index is 14.6. The van der Waals surface area contributed by atoms with Gasteiger partial charge in [0.25, 0.3) is 0 Å². The van der Waals surface area contributed by atoms with Crippen molar-refractivity contribution < 1.29 is 24.3 Å². The highest BCUT2D eigenvalue weighted by Gasteiger charge is 2.41. The fourth-order valence-corrected chi connectivity index (χ4v) is 9.27. The Bertz CT molecular complexity index is 1780. The Kier molecular flexibility index (Phi) is 15.0. The molecule has 5 rings (SSSR count). The van der Waals surface area contributed by atoms with E-state index < -0.39 is 34.7 Å². The molecule has 0 bridgehead atoms. The lowest BCUT2D eigenvalue weighted by Gasteiger charge is -2.40. The molecule has 1 aliphatic rings. The standard InChI is InChI=1S/C44H52N4O5S2/c1-30(2)40(42(51)48-28-33-17-15-14-16-32(33)26-39(48)41(50)47-38(43(52)53)24-25-54-4)45-27-37(46-31(3)49)29-55-44(34-18-8-5-9-19-34,35-20-10-6-11-21-35)36-22-12-7-13-23-36/h5-23,30,37-40,45H,24-29H2,1-4H3,(H,46,49)(H,47,50)(H,52,53)/t37?,38-,39+,40-/m0/s1. The number of carbonyl (C=O) groups is 4. The molecule has 1 unspecified atom stereocenters. The van der Waals surface area contributed by atoms with Gasteiger partial charge in [0.15, 0.2) is 0 Å². The number of thioether (sulfide) groups is 2. The summed E-state index contributed by atoms with van der Waals surface area (Å²) < 4.78 is -0.598. The van der Waals surface area contributed by atoms with E-state index in [9.17, 15) is 24.3 Å². The van der Waals surface area contributed by atoms with Gasteiger partial charge in [0, 0.05) is 32.2 Å². The van der Waals surface area contributed by atoms with Gasteiger partial charge in [-0.25, -0.2) is 4.79 Å². The molecular weight excluding hydrogens is 729 g/mol. The molecule has 0 spiro atoms. The smallest absolute Gasteiger partial charge is 0.326 e. The van der Waals surface area contributed by atoms with Crippen LogP contribution >= 0.6 is 23.5 Å². The first-order chi connectivity index (χ1) is 26.5. The van der Waals surface area contributed by atoms with Crippen LogP contribution in [-0.4, -0.2) is 82.2 Å². The van der Waals surface area contributed by atoms with E-state index in [1.165, 1.54) is 18.7 Å². The normalized spacial score (nSPS) is 15.7. The third-order valence-corrected chi connectivity index (χ3v) is 12.4. The lowest BCUT2D eigenvalue weighted by atomic mass is 9.84. The topological polar surface area (TPSA) is 128 Å². The second-order valence-electron chi connectivity index (χ2n) is 14.3. The van der Waals surface area contributed by atoms with Crippen molar-refractivity contribution in [3.63, 3.8) is 0 Å². The van der Waals surface area contributed by atoms with Crippen LogP contribution in [0.25, 0.3) is 0 Å². The van der Waals surface area contributed by atoms with Crippen molar-refractivity contribution in [2.45, 2.75) is 69.1 Å². The molecule has 3 amide bonds. The number of nitrogens with zero attached hydrogens (tertiary/aromatic N) is 1. The Balaban J connectivity index is 1.41. The van der Waals surface area contributed by atoms with E-state index in [1.807, 2.05) is 99.0 Å². The number of nitrogens with one attached hydrogen (secondary N) is 3. The minimum absolute atomic E-state index is 0.163. The minimum atomic E-state index is -1.10. The first kappa shape index (κ1) is 41.6. The van der Waals surface area contributed by atoms with E-state index in [2.05, 4.69) is 52.3 Å². The fraction of sp³-hybridized carbons (Fsp3) is 0.364. The third-order valence-electron chi connectivity index (χ3n) is 10.0. The molecule has 0 saturated heterocycles. The highest BCUT2D eigenvalue weighted by molar-refractivity contribution is 8.00. The maximum Gasteiger partial charge on any atom is 0.326 e. The van der Waals surface area contributed by atoms with Gasteiger partial charge in [-0.05, 0) is 52.2 Å². The molecule has 0 fully saturated rings. The van der Waals surface area contributed by atoms with Crippen molar-refractivity contribution in [3.05, 3.63) is 143 Å². The maximum atomic E-state index is 14.6. The molecule has 55 heavy (non-hydrogen) atoms. The number of carboxylic acids is 1. The molecule has 4 aromatic rings. The minimum Gasteiger partial charge on any atom is -0.480 e. The average Bonchev–Trinajstić information content (AvgIpc) is 3.19. The van der Waals surface area contributed by atoms with Gasteiger partial charge in [-0.1, -0.05) is 129 Å². The molecular formula is C44H52N4O5S2. The Morgan fingerprint density at radius 1 is 0.800 bits per heavy atom. The lowest BCUT2D eigenvalue weighted by molar-refractivity contribution is -0.146. The number of amides is 3. The molecule has 1 heterocycles. The van der Waals surface area contributed by atoms with E-state index in [0.717, 1.165) is 27.8 Å². The summed E-state index contributed by atoms with van der Waals surface area (Å²) in [5.41, 5.74) is 5.23. The number of carboxylic acid groups (broad SMARTS) is 1. The molecule has 9 nitrogen and oxygen atoms in total. The summed E-state index contributed by atoms with van der Waals surface area (Å²) in [4.78, 5) is 54.8. The van der Waals surface area contributed by atoms with Crippen LogP contribution in [0.1, 0.15) is 55.0 Å². The van der Waals surface area contributed by atoms with E-state index in [1.54, 1.807) is 16.7 Å². The zero-order chi connectivity index (χ0) is 39.4. The first-order valence-corrected chi connectivity index (χ1v) is 21.1. The van der Waals surface area contributed by atoms with Crippen molar-refractivity contribution >= 4 is 47.2 Å². The largest absolute Gasteiger partial charge is 0.480 e. The molecule has 4 aromatic carbocycles. The molecule has 0 radical (unpaired) electrons. The van der Waals surface area contributed by atoms with E-state index in [-0.39, 0.29) is 43.2 Å². The number of hydrogen-bond donors (Lipinski definition) is 4. The molecule has 0 aliphatic carbocycles. The number of aliphatic carboxylic acids is 1. The third kappa shape index (κ3) is 10.4. The molecule has 11 heteroatoms. The van der Waals surface area contributed by atoms with Crippen LogP contribution < -0.4 is 16.0 Å². The Labute approximate surface area is 333 Å². The summed E-state index contributed by atoms with van der Waals surface area (Å²) >= 11 is 3.24. The van der Waals surface area contributed by atoms with Crippen molar-refractivity contribution in [1.82, 2.24) is 20.9 Å². The number of benzene rings is 4. The fourth-order valence-electron chi connectivity index (χ4n) is 7.24. The summed E-state index contributed by atoms with van der Waals surface area (Å²) in [5.74, 6) is -1.08. The summed E-state index contributed by atoms with van der Waals surface area (Å²) in [5, 5.41) is 19.2. The van der Waals surface area contributed by atoms with Gasteiger partial charge in [-0.15, -0.1) is 11.8 Å². The molecule has 0 saturated carbocycles. The average molecular weight is 781 g/mol. The van der Waals surface area contributed by atoms with Crippen molar-refractivity contribution in [2.75, 3.05) is 24.3 Å². The summed E-state index contributed by atoms with van der Waals surface area (Å²) in [7, 11) is 0. The Morgan fingerprint density at radius 2 is 1.33 bits per heavy atom. The number of hydrogen-bond acceptors (Lipinski definition) is 7. The van der Waals surface area contributed by atoms with Crippen LogP contribution in [-0.2, 0) is 36.9 Å². The molecule has 290 valence electrons. The number of fused-ring (bicyclic) bond motifs is 1. The van der Waals surface area contributed by atoms with Gasteiger partial charge in [-0.3, -0.25) is 14.4 Å². The zero-order valence-electron chi connectivity index (χ0n) is 31.9. The van der Waals surface area contributed by atoms with Crippen LogP contribution in [0.4, 0.5) is 0 Å². The SMILES string of the molecule is CSCC[C@H](NC(=O)[C@H]1Cc2ccccc2CN1C(=O)[C@@H](NCC(CSC(c1ccccc1)(c1ccccc1)c1ccccc1)NC(C)=O)C(C)C)C(=O)O. The quantitative estimate of drug-likeness (QED) is 0.0893. The van der Waals surface area contributed by atoms with E-state index in [0.29, 0.717) is 18.1 Å². The Hall–Kier alpha value is -4.58. The summed E-state index contributed by atoms with van der Waals surface area (Å²) in [6, 6.07) is 35.8. The highest BCUT2D eigenvalue weighted by Crippen LogP contribution is 2.48. The predicted octanol–water partition coefficient (Wildman–Crippen LogP) is 6.11. The van der Waals surface area contributed by atoms with Crippen molar-refractivity contribution in [3.8, 4) is 0 Å². The first-order valence-electron chi connectivity index (χ1n) is 18.8. The Morgan fingerprint density at radius 3 is 1.82 bits per heavy atom. The van der Waals surface area contributed by atoms with Gasteiger partial charge in [0.05, 0.1) is 16.8 Å². The van der Waals surface area contributed by atoms with Gasteiger partial charge in [0.1, 0.15) is 12.1 Å². The lowest BCUT2D eigenvalue weighted by Crippen LogP contribution is -2.60. The summed E-state index contributed by atoms with van der Waals surface area (Å²) in [6.45, 7) is 5.93.